The van der Waals surface area contributed by atoms with Crippen LogP contribution in [-0.2, 0) is 9.59 Å². The average molecular weight is 533 g/mol. The number of likely N-dealkylation sites (tertiary alicyclic amines) is 1. The van der Waals surface area contributed by atoms with Crippen LogP contribution in [-0.4, -0.2) is 68.8 Å². The van der Waals surface area contributed by atoms with Gasteiger partial charge in [-0.15, -0.1) is 0 Å². The first kappa shape index (κ1) is 28.4. The molecular weight excluding hydrogens is 492 g/mol. The van der Waals surface area contributed by atoms with Crippen molar-refractivity contribution in [2.24, 2.45) is 0 Å². The van der Waals surface area contributed by atoms with Crippen molar-refractivity contribution >= 4 is 23.1 Å². The van der Waals surface area contributed by atoms with Gasteiger partial charge in [0.15, 0.2) is 5.76 Å². The largest absolute Gasteiger partial charge is 0.505 e. The molecule has 1 N–H and O–H groups in total. The Labute approximate surface area is 230 Å². The number of imidazole rings is 1. The Hall–Kier alpha value is -3.65. The molecule has 39 heavy (non-hydrogen) atoms. The van der Waals surface area contributed by atoms with Crippen molar-refractivity contribution in [3.05, 3.63) is 70.7 Å². The van der Waals surface area contributed by atoms with Gasteiger partial charge in [-0.05, 0) is 62.7 Å². The summed E-state index contributed by atoms with van der Waals surface area (Å²) in [6.45, 7) is 13.3. The second-order valence-corrected chi connectivity index (χ2v) is 10.1. The number of benzene rings is 1. The number of aromatic nitrogens is 2. The molecule has 1 fully saturated rings. The van der Waals surface area contributed by atoms with Crippen molar-refractivity contribution in [1.82, 2.24) is 19.2 Å². The lowest BCUT2D eigenvalue weighted by atomic mass is 9.96. The molecule has 0 bridgehead atoms. The van der Waals surface area contributed by atoms with Crippen molar-refractivity contribution in [1.29, 1.82) is 0 Å². The smallest absolute Gasteiger partial charge is 0.295 e. The number of Topliss-reactive ketones (excluding diaryl/α,β-unsaturated/α-hetero) is 1. The molecular formula is C31H40N4O4. The number of ether oxygens (including phenoxy) is 1. The number of aliphatic hydroxyl groups excluding tert-OH is 1. The van der Waals surface area contributed by atoms with E-state index >= 15 is 0 Å². The number of pyridine rings is 1. The molecule has 1 aliphatic rings. The number of hydrogen-bond donors (Lipinski definition) is 1. The fourth-order valence-electron chi connectivity index (χ4n) is 5.24. The van der Waals surface area contributed by atoms with Gasteiger partial charge in [-0.3, -0.25) is 9.59 Å². The molecule has 0 spiro atoms. The highest BCUT2D eigenvalue weighted by Crippen LogP contribution is 2.40. The molecule has 0 aliphatic carbocycles. The van der Waals surface area contributed by atoms with Crippen LogP contribution in [0.25, 0.3) is 11.4 Å². The molecule has 0 saturated carbocycles. The molecule has 1 unspecified atom stereocenters. The van der Waals surface area contributed by atoms with Crippen molar-refractivity contribution in [3.8, 4) is 5.75 Å². The molecule has 3 aromatic rings. The standard InChI is InChI=1S/C31H40N4O4/c1-6-9-10-19-39-24-15-11-14-23(20-24)27-25(29(37)31(38)35(27)18-17-33(7-2)8-3)28(36)26-22(5)34-16-12-13-21(4)30(34)32-26/h11-16,20,27,36H,6-10,17-19H2,1-5H3/b28-25+. The molecule has 1 aliphatic heterocycles. The SMILES string of the molecule is CCCCCOc1cccc(C2/C(=C(\O)c3nc4c(C)cccn4c3C)C(=O)C(=O)N2CCN(CC)CC)c1. The van der Waals surface area contributed by atoms with Crippen molar-refractivity contribution in [2.75, 3.05) is 32.8 Å². The quantitative estimate of drug-likeness (QED) is 0.148. The zero-order valence-corrected chi connectivity index (χ0v) is 23.7. The number of aryl methyl sites for hydroxylation is 2. The Morgan fingerprint density at radius 1 is 1.08 bits per heavy atom. The van der Waals surface area contributed by atoms with Gasteiger partial charge in [0.05, 0.1) is 23.9 Å². The Kier molecular flexibility index (Phi) is 9.07. The molecule has 1 amide bonds. The summed E-state index contributed by atoms with van der Waals surface area (Å²) in [5.41, 5.74) is 3.44. The number of amides is 1. The van der Waals surface area contributed by atoms with Crippen LogP contribution in [0, 0.1) is 13.8 Å². The number of carbonyl (C=O) groups is 2. The summed E-state index contributed by atoms with van der Waals surface area (Å²) in [5, 5.41) is 11.6. The highest BCUT2D eigenvalue weighted by Gasteiger charge is 2.46. The summed E-state index contributed by atoms with van der Waals surface area (Å²) in [7, 11) is 0. The van der Waals surface area contributed by atoms with Crippen molar-refractivity contribution in [2.45, 2.75) is 59.9 Å². The van der Waals surface area contributed by atoms with Crippen molar-refractivity contribution in [3.63, 3.8) is 0 Å². The minimum Gasteiger partial charge on any atom is -0.505 e. The minimum absolute atomic E-state index is 0.0619. The van der Waals surface area contributed by atoms with E-state index in [9.17, 15) is 14.7 Å². The monoisotopic (exact) mass is 532 g/mol. The predicted octanol–water partition coefficient (Wildman–Crippen LogP) is 5.28. The van der Waals surface area contributed by atoms with Crippen molar-refractivity contribution < 1.29 is 19.4 Å². The van der Waals surface area contributed by atoms with Gasteiger partial charge in [0, 0.05) is 19.3 Å². The summed E-state index contributed by atoms with van der Waals surface area (Å²) in [5.74, 6) is -0.879. The first-order chi connectivity index (χ1) is 18.8. The molecule has 8 nitrogen and oxygen atoms in total. The lowest BCUT2D eigenvalue weighted by molar-refractivity contribution is -0.140. The zero-order valence-electron chi connectivity index (χ0n) is 23.7. The molecule has 8 heteroatoms. The van der Waals surface area contributed by atoms with E-state index < -0.39 is 17.7 Å². The summed E-state index contributed by atoms with van der Waals surface area (Å²) in [6.07, 6.45) is 5.02. The normalized spacial score (nSPS) is 17.1. The maximum atomic E-state index is 13.5. The van der Waals surface area contributed by atoms with Crippen LogP contribution in [0.5, 0.6) is 5.75 Å². The summed E-state index contributed by atoms with van der Waals surface area (Å²) in [4.78, 5) is 35.4. The van der Waals surface area contributed by atoms with Gasteiger partial charge in [0.25, 0.3) is 11.7 Å². The second kappa shape index (κ2) is 12.5. The molecule has 1 aromatic carbocycles. The van der Waals surface area contributed by atoms with E-state index in [1.165, 1.54) is 0 Å². The van der Waals surface area contributed by atoms with Crippen LogP contribution < -0.4 is 4.74 Å². The Morgan fingerprint density at radius 3 is 2.54 bits per heavy atom. The Morgan fingerprint density at radius 2 is 1.85 bits per heavy atom. The van der Waals surface area contributed by atoms with Crippen LogP contribution in [0.4, 0.5) is 0 Å². The van der Waals surface area contributed by atoms with E-state index in [1.807, 2.05) is 60.8 Å². The second-order valence-electron chi connectivity index (χ2n) is 10.1. The van der Waals surface area contributed by atoms with Gasteiger partial charge in [-0.2, -0.15) is 0 Å². The highest BCUT2D eigenvalue weighted by molar-refractivity contribution is 6.46. The minimum atomic E-state index is -0.745. The van der Waals surface area contributed by atoms with Gasteiger partial charge >= 0.3 is 0 Å². The first-order valence-electron chi connectivity index (χ1n) is 14.0. The van der Waals surface area contributed by atoms with E-state index in [4.69, 9.17) is 4.74 Å². The number of fused-ring (bicyclic) bond motifs is 1. The van der Waals surface area contributed by atoms with Crippen LogP contribution in [0.3, 0.4) is 0 Å². The first-order valence-corrected chi connectivity index (χ1v) is 14.0. The highest BCUT2D eigenvalue weighted by atomic mass is 16.5. The number of rotatable bonds is 12. The van der Waals surface area contributed by atoms with Gasteiger partial charge in [-0.25, -0.2) is 4.98 Å². The number of likely N-dealkylation sites (N-methyl/N-ethyl adjacent to an activating group) is 1. The third-order valence-corrected chi connectivity index (χ3v) is 7.59. The molecule has 1 saturated heterocycles. The number of aliphatic hydroxyl groups is 1. The molecule has 2 aromatic heterocycles. The number of hydrogen-bond acceptors (Lipinski definition) is 6. The lowest BCUT2D eigenvalue weighted by Gasteiger charge is -2.28. The fraction of sp³-hybridized carbons (Fsp3) is 0.452. The van der Waals surface area contributed by atoms with Crippen LogP contribution in [0.1, 0.15) is 68.6 Å². The lowest BCUT2D eigenvalue weighted by Crippen LogP contribution is -2.38. The van der Waals surface area contributed by atoms with Crippen LogP contribution in [0.15, 0.2) is 48.2 Å². The van der Waals surface area contributed by atoms with Gasteiger partial charge < -0.3 is 24.0 Å². The Balaban J connectivity index is 1.81. The molecule has 3 heterocycles. The number of carbonyl (C=O) groups excluding carboxylic acids is 2. The van der Waals surface area contributed by atoms with Crippen LogP contribution in [0.2, 0.25) is 0 Å². The van der Waals surface area contributed by atoms with Gasteiger partial charge in [-0.1, -0.05) is 51.8 Å². The number of unbranched alkanes of at least 4 members (excludes halogenated alkanes) is 2. The van der Waals surface area contributed by atoms with E-state index in [2.05, 4.69) is 30.7 Å². The average Bonchev–Trinajstić information content (AvgIpc) is 3.41. The molecule has 4 rings (SSSR count). The third-order valence-electron chi connectivity index (χ3n) is 7.59. The number of nitrogens with zero attached hydrogens (tertiary/aromatic N) is 4. The van der Waals surface area contributed by atoms with E-state index in [0.29, 0.717) is 42.5 Å². The predicted molar refractivity (Wildman–Crippen MR) is 153 cm³/mol. The maximum absolute atomic E-state index is 13.5. The Bertz CT molecular complexity index is 1370. The number of ketones is 1. The summed E-state index contributed by atoms with van der Waals surface area (Å²) >= 11 is 0. The molecule has 208 valence electrons. The third kappa shape index (κ3) is 5.71. The van der Waals surface area contributed by atoms with Gasteiger partial charge in [0.2, 0.25) is 0 Å². The summed E-state index contributed by atoms with van der Waals surface area (Å²) < 4.78 is 7.88. The topological polar surface area (TPSA) is 87.4 Å². The molecule has 1 atom stereocenters. The molecule has 0 radical (unpaired) electrons. The van der Waals surface area contributed by atoms with E-state index in [1.54, 1.807) is 4.90 Å². The maximum Gasteiger partial charge on any atom is 0.295 e. The van der Waals surface area contributed by atoms with Crippen LogP contribution >= 0.6 is 0 Å². The fourth-order valence-corrected chi connectivity index (χ4v) is 5.24. The van der Waals surface area contributed by atoms with E-state index in [0.717, 1.165) is 43.5 Å². The zero-order chi connectivity index (χ0) is 28.1. The summed E-state index contributed by atoms with van der Waals surface area (Å²) in [6, 6.07) is 10.6. The van der Waals surface area contributed by atoms with Gasteiger partial charge in [0.1, 0.15) is 17.1 Å². The van der Waals surface area contributed by atoms with E-state index in [-0.39, 0.29) is 11.3 Å².